The molecule has 8 rings (SSSR count). The Morgan fingerprint density at radius 3 is 1.31 bits per heavy atom. The number of carbonyl (C=O) groups excluding carboxylic acids is 3. The topological polar surface area (TPSA) is 72.9 Å². The van der Waals surface area contributed by atoms with E-state index in [1.807, 2.05) is 121 Å². The van der Waals surface area contributed by atoms with Gasteiger partial charge in [-0.2, -0.15) is 0 Å². The number of benzene rings is 5. The molecule has 0 radical (unpaired) electrons. The van der Waals surface area contributed by atoms with Crippen LogP contribution in [-0.4, -0.2) is 31.8 Å². The molecule has 0 spiro atoms. The molecule has 1 aliphatic heterocycles. The van der Waals surface area contributed by atoms with Crippen molar-refractivity contribution in [2.45, 2.75) is 10.8 Å². The average Bonchev–Trinajstić information content (AvgIpc) is 3.65. The van der Waals surface area contributed by atoms with Crippen molar-refractivity contribution < 1.29 is 23.9 Å². The number of allylic oxidation sites excluding steroid dienone is 2. The van der Waals surface area contributed by atoms with E-state index in [-0.39, 0.29) is 17.6 Å². The summed E-state index contributed by atoms with van der Waals surface area (Å²) < 4.78 is 11.9. The first kappa shape index (κ1) is 30.1. The fourth-order valence-corrected chi connectivity index (χ4v) is 8.75. The molecule has 1 saturated heterocycles. The van der Waals surface area contributed by atoms with Gasteiger partial charge >= 0.3 is 0 Å². The van der Waals surface area contributed by atoms with Gasteiger partial charge in [0.15, 0.2) is 5.78 Å². The molecule has 2 aliphatic carbocycles. The molecular formula is C41H30BrNO5. The Bertz CT molecular complexity index is 1980. The molecule has 7 heteroatoms. The summed E-state index contributed by atoms with van der Waals surface area (Å²) in [5.74, 6) is -1.61. The van der Waals surface area contributed by atoms with Gasteiger partial charge in [0.1, 0.15) is 11.5 Å². The number of anilines is 1. The molecular weight excluding hydrogens is 666 g/mol. The summed E-state index contributed by atoms with van der Waals surface area (Å²) in [6.07, 6.45) is 0. The van der Waals surface area contributed by atoms with E-state index in [9.17, 15) is 0 Å². The van der Waals surface area contributed by atoms with Crippen molar-refractivity contribution in [3.63, 3.8) is 0 Å². The largest absolute Gasteiger partial charge is 0.497 e. The van der Waals surface area contributed by atoms with Crippen LogP contribution >= 0.6 is 15.9 Å². The molecule has 5 aromatic carbocycles. The normalized spacial score (nSPS) is 24.3. The van der Waals surface area contributed by atoms with Gasteiger partial charge in [0, 0.05) is 4.47 Å². The van der Waals surface area contributed by atoms with Crippen molar-refractivity contribution in [2.75, 3.05) is 19.1 Å². The molecule has 0 unspecified atom stereocenters. The van der Waals surface area contributed by atoms with Gasteiger partial charge in [0.25, 0.3) is 0 Å². The third-order valence-electron chi connectivity index (χ3n) is 10.3. The zero-order valence-corrected chi connectivity index (χ0v) is 27.8. The van der Waals surface area contributed by atoms with Crippen LogP contribution in [0.25, 0.3) is 11.1 Å². The minimum atomic E-state index is -1.48. The van der Waals surface area contributed by atoms with E-state index in [0.29, 0.717) is 28.3 Å². The maximum absolute atomic E-state index is 16.0. The number of imide groups is 1. The zero-order chi connectivity index (χ0) is 33.2. The first-order valence-corrected chi connectivity index (χ1v) is 16.5. The molecule has 0 aromatic heterocycles. The summed E-state index contributed by atoms with van der Waals surface area (Å²) in [5, 5.41) is 0. The Kier molecular flexibility index (Phi) is 7.00. The minimum absolute atomic E-state index is 0.170. The Balaban J connectivity index is 1.54. The summed E-state index contributed by atoms with van der Waals surface area (Å²) in [6.45, 7) is 0. The number of carbonyl (C=O) groups is 3. The van der Waals surface area contributed by atoms with Gasteiger partial charge in [-0.05, 0) is 81.9 Å². The third kappa shape index (κ3) is 3.88. The molecule has 236 valence electrons. The average molecular weight is 697 g/mol. The maximum atomic E-state index is 16.0. The van der Waals surface area contributed by atoms with Crippen LogP contribution in [0.2, 0.25) is 0 Å². The van der Waals surface area contributed by atoms with E-state index in [0.717, 1.165) is 26.7 Å². The number of ether oxygens (including phenoxy) is 2. The first-order chi connectivity index (χ1) is 23.4. The number of Topliss-reactive ketones (excluding diaryl/α,β-unsaturated/α-hetero) is 1. The lowest BCUT2D eigenvalue weighted by molar-refractivity contribution is -0.130. The van der Waals surface area contributed by atoms with Crippen LogP contribution in [0.15, 0.2) is 138 Å². The number of hydrogen-bond acceptors (Lipinski definition) is 5. The number of hydrogen-bond donors (Lipinski definition) is 0. The predicted octanol–water partition coefficient (Wildman–Crippen LogP) is 7.66. The van der Waals surface area contributed by atoms with Crippen molar-refractivity contribution in [3.8, 4) is 11.5 Å². The SMILES string of the molecule is COc1ccc(C2=C(c3ccc(OC)cc3)[C@]3(c4ccccc4)C(=O)[C@]2(c2ccccc2)[C@@H]2C(=O)N(c4ccc(Br)cc4)C(=O)[C@@H]23)cc1. The molecule has 48 heavy (non-hydrogen) atoms. The maximum Gasteiger partial charge on any atom is 0.239 e. The smallest absolute Gasteiger partial charge is 0.239 e. The fourth-order valence-electron chi connectivity index (χ4n) is 8.48. The molecule has 5 aromatic rings. The molecule has 2 fully saturated rings. The Labute approximate surface area is 286 Å². The van der Waals surface area contributed by atoms with E-state index >= 15 is 14.4 Å². The van der Waals surface area contributed by atoms with Crippen LogP contribution in [0.5, 0.6) is 11.5 Å². The van der Waals surface area contributed by atoms with Crippen molar-refractivity contribution in [1.82, 2.24) is 0 Å². The van der Waals surface area contributed by atoms with E-state index in [2.05, 4.69) is 15.9 Å². The molecule has 2 amide bonds. The van der Waals surface area contributed by atoms with Crippen LogP contribution in [-0.2, 0) is 25.2 Å². The standard InChI is InChI=1S/C41H30BrNO5/c1-47-31-21-13-25(14-22-31)33-34(26-15-23-32(48-2)24-16-26)41(28-11-7-4-8-12-28)36-35(40(33,39(41)46)27-9-5-3-6-10-27)37(44)43(38(36)45)30-19-17-29(42)18-20-30/h3-24,35-36H,1-2H3/t35-,36+,40-,41-/m0/s1. The highest BCUT2D eigenvalue weighted by atomic mass is 79.9. The highest BCUT2D eigenvalue weighted by molar-refractivity contribution is 9.10. The highest BCUT2D eigenvalue weighted by Gasteiger charge is 2.82. The van der Waals surface area contributed by atoms with E-state index in [1.54, 1.807) is 26.4 Å². The summed E-state index contributed by atoms with van der Waals surface area (Å²) in [6, 6.07) is 41.4. The fraction of sp³-hybridized carbons (Fsp3) is 0.146. The highest BCUT2D eigenvalue weighted by Crippen LogP contribution is 2.74. The number of nitrogens with zero attached hydrogens (tertiary/aromatic N) is 1. The molecule has 2 bridgehead atoms. The van der Waals surface area contributed by atoms with Crippen LogP contribution in [0.4, 0.5) is 5.69 Å². The lowest BCUT2D eigenvalue weighted by atomic mass is 9.59. The van der Waals surface area contributed by atoms with E-state index < -0.39 is 22.7 Å². The molecule has 3 aliphatic rings. The number of rotatable bonds is 7. The van der Waals surface area contributed by atoms with Gasteiger partial charge in [0.05, 0.1) is 42.6 Å². The van der Waals surface area contributed by atoms with Gasteiger partial charge in [-0.25, -0.2) is 4.90 Å². The lowest BCUT2D eigenvalue weighted by Crippen LogP contribution is -2.45. The first-order valence-electron chi connectivity index (χ1n) is 15.7. The van der Waals surface area contributed by atoms with Gasteiger partial charge in [-0.1, -0.05) is 101 Å². The second-order valence-electron chi connectivity index (χ2n) is 12.3. The summed E-state index contributed by atoms with van der Waals surface area (Å²) in [5.41, 5.74) is 1.84. The van der Waals surface area contributed by atoms with Crippen LogP contribution in [0.3, 0.4) is 0 Å². The third-order valence-corrected chi connectivity index (χ3v) is 10.8. The molecule has 4 atom stereocenters. The van der Waals surface area contributed by atoms with Crippen molar-refractivity contribution in [1.29, 1.82) is 0 Å². The number of amides is 2. The van der Waals surface area contributed by atoms with E-state index in [1.165, 1.54) is 4.90 Å². The molecule has 1 saturated carbocycles. The number of ketones is 1. The monoisotopic (exact) mass is 695 g/mol. The molecule has 6 nitrogen and oxygen atoms in total. The zero-order valence-electron chi connectivity index (χ0n) is 26.2. The Morgan fingerprint density at radius 1 is 0.542 bits per heavy atom. The van der Waals surface area contributed by atoms with Crippen molar-refractivity contribution >= 4 is 50.4 Å². The number of fused-ring (bicyclic) bond motifs is 5. The van der Waals surface area contributed by atoms with Gasteiger partial charge < -0.3 is 9.47 Å². The minimum Gasteiger partial charge on any atom is -0.497 e. The van der Waals surface area contributed by atoms with Gasteiger partial charge in [-0.3, -0.25) is 14.4 Å². The van der Waals surface area contributed by atoms with Gasteiger partial charge in [-0.15, -0.1) is 0 Å². The number of halogens is 1. The van der Waals surface area contributed by atoms with Crippen LogP contribution in [0.1, 0.15) is 22.3 Å². The predicted molar refractivity (Wildman–Crippen MR) is 188 cm³/mol. The quantitative estimate of drug-likeness (QED) is 0.164. The Morgan fingerprint density at radius 2 is 0.938 bits per heavy atom. The second-order valence-corrected chi connectivity index (χ2v) is 13.2. The van der Waals surface area contributed by atoms with E-state index in [4.69, 9.17) is 9.47 Å². The molecule has 1 heterocycles. The molecule has 0 N–H and O–H groups in total. The van der Waals surface area contributed by atoms with Crippen molar-refractivity contribution in [3.05, 3.63) is 160 Å². The summed E-state index contributed by atoms with van der Waals surface area (Å²) in [7, 11) is 3.22. The van der Waals surface area contributed by atoms with Crippen LogP contribution in [0, 0.1) is 11.8 Å². The van der Waals surface area contributed by atoms with Gasteiger partial charge in [0.2, 0.25) is 11.8 Å². The Hall–Kier alpha value is -5.27. The summed E-state index contributed by atoms with van der Waals surface area (Å²) in [4.78, 5) is 47.4. The number of methoxy groups -OCH3 is 2. The lowest BCUT2D eigenvalue weighted by Gasteiger charge is -2.39. The van der Waals surface area contributed by atoms with Crippen LogP contribution < -0.4 is 14.4 Å². The second kappa shape index (κ2) is 11.2. The summed E-state index contributed by atoms with van der Waals surface area (Å²) >= 11 is 3.48. The van der Waals surface area contributed by atoms with Crippen molar-refractivity contribution in [2.24, 2.45) is 11.8 Å².